The first-order valence-electron chi connectivity index (χ1n) is 11.2. The molecule has 1 aromatic rings. The molecule has 1 saturated heterocycles. The maximum atomic E-state index is 13.2. The van der Waals surface area contributed by atoms with Gasteiger partial charge in [0, 0.05) is 7.11 Å². The summed E-state index contributed by atoms with van der Waals surface area (Å²) in [6, 6.07) is 7.02. The molecule has 2 unspecified atom stereocenters. The van der Waals surface area contributed by atoms with Crippen molar-refractivity contribution in [1.29, 1.82) is 0 Å². The van der Waals surface area contributed by atoms with Crippen LogP contribution in [0.15, 0.2) is 40.5 Å². The second-order valence-electron chi connectivity index (χ2n) is 7.77. The smallest absolute Gasteiger partial charge is 0.338 e. The Morgan fingerprint density at radius 2 is 1.88 bits per heavy atom. The number of unbranched alkanes of at least 4 members (excludes halogenated alkanes) is 2. The number of amides is 1. The summed E-state index contributed by atoms with van der Waals surface area (Å²) in [5, 5.41) is 0.437. The summed E-state index contributed by atoms with van der Waals surface area (Å²) in [6.45, 7) is 7.04. The number of fused-ring (bicyclic) bond motifs is 1. The lowest BCUT2D eigenvalue weighted by atomic mass is 9.94. The Labute approximate surface area is 194 Å². The molecule has 0 aromatic heterocycles. The fourth-order valence-electron chi connectivity index (χ4n) is 3.75. The lowest BCUT2D eigenvalue weighted by molar-refractivity contribution is -0.141. The van der Waals surface area contributed by atoms with E-state index >= 15 is 0 Å². The number of carbonyl (C=O) groups excluding carboxylic acids is 2. The molecule has 2 heterocycles. The molecule has 174 valence electrons. The number of esters is 1. The van der Waals surface area contributed by atoms with E-state index in [4.69, 9.17) is 14.2 Å². The first-order chi connectivity index (χ1) is 15.5. The molecule has 0 radical (unpaired) electrons. The minimum atomic E-state index is -0.580. The number of amidine groups is 1. The largest absolute Gasteiger partial charge is 0.494 e. The number of allylic oxidation sites excluding steroid dienone is 1. The number of hydrogen-bond donors (Lipinski definition) is 0. The fraction of sp³-hybridized carbons (Fsp3) is 0.542. The molecular formula is C24H32N2O5S. The molecule has 3 rings (SSSR count). The van der Waals surface area contributed by atoms with Gasteiger partial charge in [-0.2, -0.15) is 0 Å². The van der Waals surface area contributed by atoms with Crippen molar-refractivity contribution < 1.29 is 23.8 Å². The van der Waals surface area contributed by atoms with Crippen molar-refractivity contribution in [3.05, 3.63) is 41.1 Å². The van der Waals surface area contributed by atoms with Gasteiger partial charge in [0.2, 0.25) is 5.91 Å². The summed E-state index contributed by atoms with van der Waals surface area (Å²) in [4.78, 5) is 32.4. The predicted octanol–water partition coefficient (Wildman–Crippen LogP) is 4.48. The van der Waals surface area contributed by atoms with Gasteiger partial charge in [-0.25, -0.2) is 9.79 Å². The Hall–Kier alpha value is -2.32. The second-order valence-corrected chi connectivity index (χ2v) is 8.94. The number of rotatable bonds is 11. The molecule has 0 aliphatic carbocycles. The highest BCUT2D eigenvalue weighted by atomic mass is 32.2. The van der Waals surface area contributed by atoms with Crippen molar-refractivity contribution in [2.45, 2.75) is 57.7 Å². The Morgan fingerprint density at radius 1 is 1.12 bits per heavy atom. The van der Waals surface area contributed by atoms with Crippen molar-refractivity contribution in [3.8, 4) is 5.75 Å². The highest BCUT2D eigenvalue weighted by molar-refractivity contribution is 8.15. The van der Waals surface area contributed by atoms with Crippen LogP contribution in [-0.4, -0.2) is 54.1 Å². The molecule has 1 amide bonds. The van der Waals surface area contributed by atoms with Gasteiger partial charge in [-0.05, 0) is 37.5 Å². The maximum Gasteiger partial charge on any atom is 0.338 e. The van der Waals surface area contributed by atoms with Gasteiger partial charge in [0.05, 0.1) is 35.8 Å². The van der Waals surface area contributed by atoms with Crippen LogP contribution in [0.2, 0.25) is 0 Å². The van der Waals surface area contributed by atoms with Crippen LogP contribution in [0.3, 0.4) is 0 Å². The van der Waals surface area contributed by atoms with Crippen LogP contribution in [0.1, 0.15) is 58.1 Å². The summed E-state index contributed by atoms with van der Waals surface area (Å²) in [6.07, 6.45) is 3.98. The Kier molecular flexibility index (Phi) is 8.75. The monoisotopic (exact) mass is 460 g/mol. The lowest BCUT2D eigenvalue weighted by Crippen LogP contribution is -2.40. The highest BCUT2D eigenvalue weighted by Gasteiger charge is 2.47. The van der Waals surface area contributed by atoms with Crippen molar-refractivity contribution in [3.63, 3.8) is 0 Å². The van der Waals surface area contributed by atoms with Crippen molar-refractivity contribution >= 4 is 28.8 Å². The van der Waals surface area contributed by atoms with E-state index < -0.39 is 12.0 Å². The first kappa shape index (κ1) is 24.3. The predicted molar refractivity (Wildman–Crippen MR) is 126 cm³/mol. The van der Waals surface area contributed by atoms with Gasteiger partial charge < -0.3 is 14.2 Å². The third kappa shape index (κ3) is 5.35. The lowest BCUT2D eigenvalue weighted by Gasteiger charge is -2.33. The van der Waals surface area contributed by atoms with E-state index in [1.807, 2.05) is 31.2 Å². The minimum absolute atomic E-state index is 0.0316. The van der Waals surface area contributed by atoms with Crippen LogP contribution in [-0.2, 0) is 19.1 Å². The molecule has 0 saturated carbocycles. The normalized spacial score (nSPS) is 20.3. The molecule has 1 fully saturated rings. The molecule has 1 aromatic carbocycles. The summed E-state index contributed by atoms with van der Waals surface area (Å²) < 4.78 is 16.2. The number of thioether (sulfide) groups is 1. The molecule has 8 heteroatoms. The van der Waals surface area contributed by atoms with Crippen molar-refractivity contribution in [1.82, 2.24) is 4.90 Å². The minimum Gasteiger partial charge on any atom is -0.494 e. The molecule has 0 N–H and O–H groups in total. The van der Waals surface area contributed by atoms with Gasteiger partial charge >= 0.3 is 5.97 Å². The summed E-state index contributed by atoms with van der Waals surface area (Å²) >= 11 is 1.45. The van der Waals surface area contributed by atoms with Crippen LogP contribution in [0, 0.1) is 0 Å². The van der Waals surface area contributed by atoms with Gasteiger partial charge in [-0.3, -0.25) is 9.69 Å². The van der Waals surface area contributed by atoms with E-state index in [0.29, 0.717) is 36.1 Å². The second kappa shape index (κ2) is 11.5. The standard InChI is InChI=1S/C24H32N2O5S/c1-5-7-8-13-30-18-11-9-17(10-12-18)21-20(23(28)31-15-14-29-4)16(3)25-24-26(21)22(27)19(6-2)32-24/h9-12,19,21H,5-8,13-15H2,1-4H3. The molecule has 32 heavy (non-hydrogen) atoms. The molecule has 0 bridgehead atoms. The Morgan fingerprint density at radius 3 is 2.53 bits per heavy atom. The summed E-state index contributed by atoms with van der Waals surface area (Å²) in [5.41, 5.74) is 1.77. The van der Waals surface area contributed by atoms with Gasteiger partial charge in [-0.1, -0.05) is 50.6 Å². The number of carbonyl (C=O) groups is 2. The third-order valence-corrected chi connectivity index (χ3v) is 6.79. The highest BCUT2D eigenvalue weighted by Crippen LogP contribution is 2.44. The number of aliphatic imine (C=N–C) groups is 1. The molecule has 2 atom stereocenters. The zero-order valence-corrected chi connectivity index (χ0v) is 20.1. The Balaban J connectivity index is 1.90. The molecular weight excluding hydrogens is 428 g/mol. The third-order valence-electron chi connectivity index (χ3n) is 5.48. The van der Waals surface area contributed by atoms with Crippen LogP contribution in [0.25, 0.3) is 0 Å². The van der Waals surface area contributed by atoms with E-state index in [0.717, 1.165) is 30.6 Å². The topological polar surface area (TPSA) is 77.4 Å². The average molecular weight is 461 g/mol. The van der Waals surface area contributed by atoms with Crippen LogP contribution < -0.4 is 4.74 Å². The van der Waals surface area contributed by atoms with Crippen molar-refractivity contribution in [2.24, 2.45) is 4.99 Å². The van der Waals surface area contributed by atoms with E-state index in [1.54, 1.807) is 18.9 Å². The molecule has 2 aliphatic heterocycles. The zero-order valence-electron chi connectivity index (χ0n) is 19.3. The summed E-state index contributed by atoms with van der Waals surface area (Å²) in [5.74, 6) is 0.258. The number of ether oxygens (including phenoxy) is 3. The van der Waals surface area contributed by atoms with Gasteiger partial charge in [-0.15, -0.1) is 0 Å². The number of hydrogen-bond acceptors (Lipinski definition) is 7. The molecule has 7 nitrogen and oxygen atoms in total. The van der Waals surface area contributed by atoms with E-state index in [2.05, 4.69) is 11.9 Å². The van der Waals surface area contributed by atoms with Crippen molar-refractivity contribution in [2.75, 3.05) is 26.9 Å². The van der Waals surface area contributed by atoms with Gasteiger partial charge in [0.1, 0.15) is 12.4 Å². The van der Waals surface area contributed by atoms with E-state index in [-0.39, 0.29) is 17.8 Å². The van der Waals surface area contributed by atoms with E-state index in [1.165, 1.54) is 11.8 Å². The van der Waals surface area contributed by atoms with Crippen LogP contribution >= 0.6 is 11.8 Å². The van der Waals surface area contributed by atoms with Crippen LogP contribution in [0.5, 0.6) is 5.75 Å². The summed E-state index contributed by atoms with van der Waals surface area (Å²) in [7, 11) is 1.55. The van der Waals surface area contributed by atoms with Gasteiger partial charge in [0.25, 0.3) is 0 Å². The Bertz CT molecular complexity index is 881. The first-order valence-corrected chi connectivity index (χ1v) is 12.1. The number of benzene rings is 1. The SMILES string of the molecule is CCCCCOc1ccc(C2C(C(=O)OCCOC)=C(C)N=C3SC(CC)C(=O)N32)cc1. The molecule has 0 spiro atoms. The fourth-order valence-corrected chi connectivity index (χ4v) is 4.88. The quantitative estimate of drug-likeness (QED) is 0.358. The average Bonchev–Trinajstić information content (AvgIpc) is 3.11. The maximum absolute atomic E-state index is 13.2. The van der Waals surface area contributed by atoms with Gasteiger partial charge in [0.15, 0.2) is 5.17 Å². The number of methoxy groups -OCH3 is 1. The molecule has 2 aliphatic rings. The van der Waals surface area contributed by atoms with E-state index in [9.17, 15) is 9.59 Å². The zero-order chi connectivity index (χ0) is 23.1. The number of nitrogens with zero attached hydrogens (tertiary/aromatic N) is 2. The van der Waals surface area contributed by atoms with Crippen LogP contribution in [0.4, 0.5) is 0 Å².